The van der Waals surface area contributed by atoms with Crippen molar-refractivity contribution in [3.8, 4) is 0 Å². The number of rotatable bonds is 11. The maximum atomic E-state index is 13.9. The summed E-state index contributed by atoms with van der Waals surface area (Å²) in [5.41, 5.74) is 1.41. The van der Waals surface area contributed by atoms with Gasteiger partial charge in [0.05, 0.1) is 11.8 Å². The van der Waals surface area contributed by atoms with E-state index in [9.17, 15) is 19.2 Å². The van der Waals surface area contributed by atoms with Crippen LogP contribution in [0.1, 0.15) is 44.2 Å². The fourth-order valence-corrected chi connectivity index (χ4v) is 5.79. The van der Waals surface area contributed by atoms with Crippen molar-refractivity contribution in [2.45, 2.75) is 52.1 Å². The second-order valence-electron chi connectivity index (χ2n) is 10.8. The van der Waals surface area contributed by atoms with Crippen molar-refractivity contribution in [2.24, 2.45) is 17.8 Å². The monoisotopic (exact) mass is 583 g/mol. The average Bonchev–Trinajstić information content (AvgIpc) is 3.19. The van der Waals surface area contributed by atoms with Gasteiger partial charge in [0, 0.05) is 48.1 Å². The smallest absolute Gasteiger partial charge is 0.243 e. The molecule has 40 heavy (non-hydrogen) atoms. The maximum Gasteiger partial charge on any atom is 0.243 e. The lowest BCUT2D eigenvalue weighted by atomic mass is 9.85. The molecule has 1 aliphatic heterocycles. The number of benzene rings is 2. The van der Waals surface area contributed by atoms with Crippen LogP contribution in [0.5, 0.6) is 0 Å². The van der Waals surface area contributed by atoms with Gasteiger partial charge in [0.25, 0.3) is 0 Å². The molecule has 1 heterocycles. The number of halogens is 2. The van der Waals surface area contributed by atoms with E-state index in [1.807, 2.05) is 56.3 Å². The SMILES string of the molecule is CC(C)CNC(=O)C(Cc1ccccc1)N(Cc1c(Cl)cccc1Cl)C(=O)CCN1C(=O)[C@H]2CC=CC[C@H]2C1=O. The van der Waals surface area contributed by atoms with Crippen LogP contribution >= 0.6 is 23.2 Å². The lowest BCUT2D eigenvalue weighted by Crippen LogP contribution is -2.51. The minimum atomic E-state index is -0.863. The summed E-state index contributed by atoms with van der Waals surface area (Å²) in [6.45, 7) is 4.40. The quantitative estimate of drug-likeness (QED) is 0.296. The molecule has 4 rings (SSSR count). The third-order valence-corrected chi connectivity index (χ3v) is 8.20. The number of imide groups is 1. The van der Waals surface area contributed by atoms with E-state index in [4.69, 9.17) is 23.2 Å². The highest BCUT2D eigenvalue weighted by molar-refractivity contribution is 6.36. The van der Waals surface area contributed by atoms with Crippen molar-refractivity contribution >= 4 is 46.8 Å². The number of nitrogens with one attached hydrogen (secondary N) is 1. The molecule has 212 valence electrons. The van der Waals surface area contributed by atoms with E-state index in [0.717, 1.165) is 5.56 Å². The Hall–Kier alpha value is -3.16. The van der Waals surface area contributed by atoms with Crippen LogP contribution in [0.3, 0.4) is 0 Å². The van der Waals surface area contributed by atoms with Crippen LogP contribution < -0.4 is 5.32 Å². The summed E-state index contributed by atoms with van der Waals surface area (Å²) in [5.74, 6) is -1.64. The lowest BCUT2D eigenvalue weighted by Gasteiger charge is -2.32. The van der Waals surface area contributed by atoms with Crippen LogP contribution in [-0.4, -0.2) is 52.6 Å². The third-order valence-electron chi connectivity index (χ3n) is 7.49. The molecule has 0 aromatic heterocycles. The normalized spacial score (nSPS) is 19.1. The van der Waals surface area contributed by atoms with Crippen molar-refractivity contribution in [1.82, 2.24) is 15.1 Å². The van der Waals surface area contributed by atoms with Crippen LogP contribution in [0.4, 0.5) is 0 Å². The average molecular weight is 585 g/mol. The molecule has 1 unspecified atom stereocenters. The standard InChI is InChI=1S/C31H35Cl2N3O4/c1-20(2)18-34-29(38)27(17-21-9-4-3-5-10-21)36(19-24-25(32)13-8-14-26(24)33)28(37)15-16-35-30(39)22-11-6-7-12-23(22)31(35)40/h3-10,13-14,20,22-23,27H,11-12,15-19H2,1-2H3,(H,34,38)/t22-,23+,27?. The molecular weight excluding hydrogens is 549 g/mol. The minimum absolute atomic E-state index is 0.000994. The van der Waals surface area contributed by atoms with E-state index in [-0.39, 0.29) is 67.3 Å². The first-order valence-corrected chi connectivity index (χ1v) is 14.5. The Balaban J connectivity index is 1.62. The molecular formula is C31H35Cl2N3O4. The van der Waals surface area contributed by atoms with Gasteiger partial charge in [-0.1, -0.05) is 85.6 Å². The highest BCUT2D eigenvalue weighted by Crippen LogP contribution is 2.35. The highest BCUT2D eigenvalue weighted by Gasteiger charge is 2.47. The number of hydrogen-bond acceptors (Lipinski definition) is 4. The summed E-state index contributed by atoms with van der Waals surface area (Å²) < 4.78 is 0. The first-order chi connectivity index (χ1) is 19.2. The maximum absolute atomic E-state index is 13.9. The first-order valence-electron chi connectivity index (χ1n) is 13.7. The summed E-state index contributed by atoms with van der Waals surface area (Å²) >= 11 is 13.0. The highest BCUT2D eigenvalue weighted by atomic mass is 35.5. The number of carbonyl (C=O) groups is 4. The molecule has 2 aromatic carbocycles. The zero-order valence-electron chi connectivity index (χ0n) is 22.8. The molecule has 1 aliphatic carbocycles. The van der Waals surface area contributed by atoms with Crippen molar-refractivity contribution in [1.29, 1.82) is 0 Å². The molecule has 0 spiro atoms. The topological polar surface area (TPSA) is 86.8 Å². The van der Waals surface area contributed by atoms with Crippen LogP contribution in [0.2, 0.25) is 10.0 Å². The molecule has 3 atom stereocenters. The van der Waals surface area contributed by atoms with Crippen molar-refractivity contribution in [3.63, 3.8) is 0 Å². The summed E-state index contributed by atoms with van der Waals surface area (Å²) in [5, 5.41) is 3.74. The molecule has 0 saturated carbocycles. The van der Waals surface area contributed by atoms with E-state index in [1.165, 1.54) is 9.80 Å². The summed E-state index contributed by atoms with van der Waals surface area (Å²) in [6.07, 6.45) is 5.09. The molecule has 9 heteroatoms. The number of likely N-dealkylation sites (tertiary alicyclic amines) is 1. The molecule has 1 fully saturated rings. The second kappa shape index (κ2) is 13.5. The number of carbonyl (C=O) groups excluding carboxylic acids is 4. The van der Waals surface area contributed by atoms with Crippen molar-refractivity contribution in [2.75, 3.05) is 13.1 Å². The minimum Gasteiger partial charge on any atom is -0.354 e. The van der Waals surface area contributed by atoms with Crippen LogP contribution in [0, 0.1) is 17.8 Å². The molecule has 7 nitrogen and oxygen atoms in total. The van der Waals surface area contributed by atoms with Gasteiger partial charge in [-0.2, -0.15) is 0 Å². The molecule has 1 N–H and O–H groups in total. The molecule has 4 amide bonds. The number of hydrogen-bond donors (Lipinski definition) is 1. The fraction of sp³-hybridized carbons (Fsp3) is 0.419. The summed E-state index contributed by atoms with van der Waals surface area (Å²) in [6, 6.07) is 13.7. The largest absolute Gasteiger partial charge is 0.354 e. The fourth-order valence-electron chi connectivity index (χ4n) is 5.27. The molecule has 2 aromatic rings. The predicted molar refractivity (Wildman–Crippen MR) is 155 cm³/mol. The Morgan fingerprint density at radius 1 is 0.950 bits per heavy atom. The van der Waals surface area contributed by atoms with Gasteiger partial charge < -0.3 is 10.2 Å². The van der Waals surface area contributed by atoms with Gasteiger partial charge in [0.2, 0.25) is 23.6 Å². The Morgan fingerprint density at radius 2 is 1.55 bits per heavy atom. The van der Waals surface area contributed by atoms with Crippen LogP contribution in [0.15, 0.2) is 60.7 Å². The number of amides is 4. The zero-order valence-corrected chi connectivity index (χ0v) is 24.3. The molecule has 1 saturated heterocycles. The molecule has 0 bridgehead atoms. The Morgan fingerprint density at radius 3 is 2.12 bits per heavy atom. The van der Waals surface area contributed by atoms with E-state index < -0.39 is 6.04 Å². The van der Waals surface area contributed by atoms with Gasteiger partial charge in [-0.25, -0.2) is 0 Å². The predicted octanol–water partition coefficient (Wildman–Crippen LogP) is 5.05. The van der Waals surface area contributed by atoms with Gasteiger partial charge in [0.15, 0.2) is 0 Å². The second-order valence-corrected chi connectivity index (χ2v) is 11.6. The third kappa shape index (κ3) is 6.94. The van der Waals surface area contributed by atoms with E-state index in [0.29, 0.717) is 35.0 Å². The van der Waals surface area contributed by atoms with Crippen molar-refractivity contribution < 1.29 is 19.2 Å². The van der Waals surface area contributed by atoms with Gasteiger partial charge in [-0.05, 0) is 36.5 Å². The van der Waals surface area contributed by atoms with Gasteiger partial charge >= 0.3 is 0 Å². The Labute approximate surface area is 245 Å². The zero-order chi connectivity index (χ0) is 28.8. The molecule has 0 radical (unpaired) electrons. The van der Waals surface area contributed by atoms with Crippen LogP contribution in [-0.2, 0) is 32.1 Å². The Bertz CT molecular complexity index is 1230. The van der Waals surface area contributed by atoms with E-state index >= 15 is 0 Å². The van der Waals surface area contributed by atoms with Gasteiger partial charge in [-0.15, -0.1) is 0 Å². The Kier molecular flexibility index (Phi) is 10.0. The van der Waals surface area contributed by atoms with Crippen LogP contribution in [0.25, 0.3) is 0 Å². The number of nitrogens with zero attached hydrogens (tertiary/aromatic N) is 2. The lowest BCUT2D eigenvalue weighted by molar-refractivity contribution is -0.144. The van der Waals surface area contributed by atoms with E-state index in [1.54, 1.807) is 18.2 Å². The summed E-state index contributed by atoms with van der Waals surface area (Å²) in [7, 11) is 0. The number of allylic oxidation sites excluding steroid dienone is 2. The van der Waals surface area contributed by atoms with Gasteiger partial charge in [0.1, 0.15) is 6.04 Å². The van der Waals surface area contributed by atoms with Gasteiger partial charge in [-0.3, -0.25) is 24.1 Å². The summed E-state index contributed by atoms with van der Waals surface area (Å²) in [4.78, 5) is 56.2. The van der Waals surface area contributed by atoms with E-state index in [2.05, 4.69) is 5.32 Å². The molecule has 2 aliphatic rings. The number of fused-ring (bicyclic) bond motifs is 1. The first kappa shape index (κ1) is 29.8. The van der Waals surface area contributed by atoms with Crippen molar-refractivity contribution in [3.05, 3.63) is 81.9 Å².